The van der Waals surface area contributed by atoms with Crippen LogP contribution in [-0.2, 0) is 0 Å². The number of hydrogen-bond acceptors (Lipinski definition) is 0. The minimum absolute atomic E-state index is 1.06. The Kier molecular flexibility index (Phi) is 7.44. The van der Waals surface area contributed by atoms with Gasteiger partial charge in [0, 0.05) is 5.33 Å². The zero-order valence-electron chi connectivity index (χ0n) is 5.55. The molecular weight excluding hydrogens is 176 g/mol. The lowest BCUT2D eigenvalue weighted by molar-refractivity contribution is 1.56. The molecule has 0 saturated carbocycles. The first kappa shape index (κ1) is 8.70. The van der Waals surface area contributed by atoms with Crippen molar-refractivity contribution in [2.24, 2.45) is 0 Å². The van der Waals surface area contributed by atoms with Crippen LogP contribution in [0, 0.1) is 0 Å². The quantitative estimate of drug-likeness (QED) is 0.547. The Bertz CT molecular complexity index is 87.4. The zero-order chi connectivity index (χ0) is 6.95. The second-order valence-corrected chi connectivity index (χ2v) is 2.54. The van der Waals surface area contributed by atoms with Crippen molar-refractivity contribution in [1.82, 2.24) is 0 Å². The third kappa shape index (κ3) is 7.70. The van der Waals surface area contributed by atoms with Crippen molar-refractivity contribution >= 4 is 15.9 Å². The third-order valence-electron chi connectivity index (χ3n) is 0.667. The van der Waals surface area contributed by atoms with Gasteiger partial charge in [0.2, 0.25) is 0 Å². The maximum Gasteiger partial charge on any atom is 0.000281 e. The van der Waals surface area contributed by atoms with Crippen molar-refractivity contribution in [1.29, 1.82) is 0 Å². The Hall–Kier alpha value is -0.300. The third-order valence-corrected chi connectivity index (χ3v) is 0.667. The van der Waals surface area contributed by atoms with Crippen LogP contribution in [0.15, 0.2) is 36.4 Å². The van der Waals surface area contributed by atoms with Crippen LogP contribution in [0.4, 0.5) is 0 Å². The van der Waals surface area contributed by atoms with Gasteiger partial charge < -0.3 is 0 Å². The molecule has 1 aromatic rings. The summed E-state index contributed by atoms with van der Waals surface area (Å²) in [5.74, 6) is 0. The van der Waals surface area contributed by atoms with Gasteiger partial charge in [-0.2, -0.15) is 0 Å². The Labute approximate surface area is 65.0 Å². The Balaban J connectivity index is 0.000000187. The molecule has 0 heterocycles. The molecule has 0 aliphatic carbocycles. The van der Waals surface area contributed by atoms with Gasteiger partial charge in [0.05, 0.1) is 0 Å². The molecule has 50 valence electrons. The van der Waals surface area contributed by atoms with Crippen LogP contribution in [0.25, 0.3) is 0 Å². The summed E-state index contributed by atoms with van der Waals surface area (Å²) in [5, 5.41) is 1.06. The van der Waals surface area contributed by atoms with Crippen LogP contribution in [0.3, 0.4) is 0 Å². The number of alkyl halides is 1. The molecule has 0 bridgehead atoms. The topological polar surface area (TPSA) is 0 Å². The summed E-state index contributed by atoms with van der Waals surface area (Å²) in [7, 11) is 0. The van der Waals surface area contributed by atoms with Crippen LogP contribution in [0.2, 0.25) is 0 Å². The molecule has 1 heteroatoms. The van der Waals surface area contributed by atoms with E-state index in [-0.39, 0.29) is 0 Å². The minimum Gasteiger partial charge on any atom is -0.0931 e. The van der Waals surface area contributed by atoms with Gasteiger partial charge in [-0.05, 0) is 0 Å². The van der Waals surface area contributed by atoms with Gasteiger partial charge >= 0.3 is 0 Å². The molecule has 0 N–H and O–H groups in total. The average molecular weight is 187 g/mol. The van der Waals surface area contributed by atoms with E-state index in [0.29, 0.717) is 0 Å². The van der Waals surface area contributed by atoms with Crippen molar-refractivity contribution < 1.29 is 0 Å². The van der Waals surface area contributed by atoms with Gasteiger partial charge in [-0.25, -0.2) is 0 Å². The Morgan fingerprint density at radius 3 is 1.11 bits per heavy atom. The molecule has 0 aliphatic rings. The van der Waals surface area contributed by atoms with E-state index in [1.54, 1.807) is 0 Å². The molecule has 0 amide bonds. The minimum atomic E-state index is 1.06. The largest absolute Gasteiger partial charge is 0.0931 e. The van der Waals surface area contributed by atoms with E-state index in [4.69, 9.17) is 0 Å². The van der Waals surface area contributed by atoms with Crippen molar-refractivity contribution in [3.8, 4) is 0 Å². The highest BCUT2D eigenvalue weighted by Crippen LogP contribution is 1.79. The molecule has 0 saturated heterocycles. The Morgan fingerprint density at radius 2 is 1.00 bits per heavy atom. The average Bonchev–Trinajstić information content (AvgIpc) is 1.93. The molecule has 0 spiro atoms. The first-order valence-electron chi connectivity index (χ1n) is 2.97. The second kappa shape index (κ2) is 7.70. The van der Waals surface area contributed by atoms with Crippen molar-refractivity contribution in [3.05, 3.63) is 36.4 Å². The SMILES string of the molecule is CCBr.c1ccccc1. The smallest absolute Gasteiger partial charge is 0.000281 e. The number of hydrogen-bond donors (Lipinski definition) is 0. The summed E-state index contributed by atoms with van der Waals surface area (Å²) in [6.45, 7) is 2.04. The van der Waals surface area contributed by atoms with Crippen molar-refractivity contribution in [2.75, 3.05) is 5.33 Å². The second-order valence-electron chi connectivity index (χ2n) is 1.42. The number of rotatable bonds is 0. The molecule has 0 fully saturated rings. The molecule has 0 aromatic heterocycles. The van der Waals surface area contributed by atoms with E-state index in [9.17, 15) is 0 Å². The fourth-order valence-corrected chi connectivity index (χ4v) is 0.385. The van der Waals surface area contributed by atoms with Gasteiger partial charge in [0.25, 0.3) is 0 Å². The van der Waals surface area contributed by atoms with Gasteiger partial charge in [-0.15, -0.1) is 0 Å². The summed E-state index contributed by atoms with van der Waals surface area (Å²) in [6.07, 6.45) is 0. The summed E-state index contributed by atoms with van der Waals surface area (Å²) >= 11 is 3.15. The maximum absolute atomic E-state index is 3.15. The number of halogens is 1. The summed E-state index contributed by atoms with van der Waals surface area (Å²) < 4.78 is 0. The maximum atomic E-state index is 3.15. The van der Waals surface area contributed by atoms with Crippen LogP contribution in [0.5, 0.6) is 0 Å². The van der Waals surface area contributed by atoms with E-state index >= 15 is 0 Å². The predicted molar refractivity (Wildman–Crippen MR) is 45.9 cm³/mol. The van der Waals surface area contributed by atoms with Gasteiger partial charge in [-0.3, -0.25) is 0 Å². The lowest BCUT2D eigenvalue weighted by atomic mass is 10.4. The summed E-state index contributed by atoms with van der Waals surface area (Å²) in [6, 6.07) is 12.0. The van der Waals surface area contributed by atoms with Gasteiger partial charge in [-0.1, -0.05) is 59.3 Å². The molecule has 0 nitrogen and oxygen atoms in total. The van der Waals surface area contributed by atoms with E-state index in [1.165, 1.54) is 0 Å². The molecule has 0 radical (unpaired) electrons. The number of benzene rings is 1. The molecule has 0 aliphatic heterocycles. The van der Waals surface area contributed by atoms with Gasteiger partial charge in [0.15, 0.2) is 0 Å². The molecule has 1 rings (SSSR count). The predicted octanol–water partition coefficient (Wildman–Crippen LogP) is 3.09. The fourth-order valence-electron chi connectivity index (χ4n) is 0.385. The van der Waals surface area contributed by atoms with Gasteiger partial charge in [0.1, 0.15) is 0 Å². The van der Waals surface area contributed by atoms with E-state index < -0.39 is 0 Å². The van der Waals surface area contributed by atoms with Crippen LogP contribution < -0.4 is 0 Å². The highest BCUT2D eigenvalue weighted by molar-refractivity contribution is 9.09. The zero-order valence-corrected chi connectivity index (χ0v) is 7.14. The lowest BCUT2D eigenvalue weighted by Crippen LogP contribution is -1.47. The first-order chi connectivity index (χ1) is 4.41. The molecule has 9 heavy (non-hydrogen) atoms. The van der Waals surface area contributed by atoms with Crippen LogP contribution in [-0.4, -0.2) is 5.33 Å². The highest BCUT2D eigenvalue weighted by atomic mass is 79.9. The fraction of sp³-hybridized carbons (Fsp3) is 0.250. The van der Waals surface area contributed by atoms with E-state index in [2.05, 4.69) is 15.9 Å². The lowest BCUT2D eigenvalue weighted by Gasteiger charge is -1.69. The van der Waals surface area contributed by atoms with Crippen LogP contribution in [0.1, 0.15) is 6.92 Å². The Morgan fingerprint density at radius 1 is 0.889 bits per heavy atom. The first-order valence-corrected chi connectivity index (χ1v) is 4.10. The summed E-state index contributed by atoms with van der Waals surface area (Å²) in [4.78, 5) is 0. The molecule has 1 aromatic carbocycles. The highest BCUT2D eigenvalue weighted by Gasteiger charge is 1.57. The molecular formula is C8H11Br. The van der Waals surface area contributed by atoms with Crippen molar-refractivity contribution in [2.45, 2.75) is 6.92 Å². The summed E-state index contributed by atoms with van der Waals surface area (Å²) in [5.41, 5.74) is 0. The monoisotopic (exact) mass is 186 g/mol. The van der Waals surface area contributed by atoms with E-state index in [0.717, 1.165) is 5.33 Å². The molecule has 0 atom stereocenters. The normalized spacial score (nSPS) is 7.33. The molecule has 0 unspecified atom stereocenters. The van der Waals surface area contributed by atoms with Crippen molar-refractivity contribution in [3.63, 3.8) is 0 Å². The standard InChI is InChI=1S/C6H6.C2H5Br/c1-2-4-6-5-3-1;1-2-3/h1-6H;2H2,1H3. The van der Waals surface area contributed by atoms with Crippen LogP contribution >= 0.6 is 15.9 Å². The van der Waals surface area contributed by atoms with E-state index in [1.807, 2.05) is 43.3 Å².